The van der Waals surface area contributed by atoms with E-state index in [1.807, 2.05) is 12.3 Å². The Kier molecular flexibility index (Phi) is 7.37. The van der Waals surface area contributed by atoms with Crippen LogP contribution in [-0.2, 0) is 6.54 Å². The molecule has 102 valence electrons. The van der Waals surface area contributed by atoms with Crippen molar-refractivity contribution in [3.8, 4) is 0 Å². The Morgan fingerprint density at radius 2 is 2.11 bits per heavy atom. The topological polar surface area (TPSA) is 48.4 Å². The molecular formula is C14H25N3O. The van der Waals surface area contributed by atoms with E-state index in [2.05, 4.69) is 35.1 Å². The number of nitrogens with one attached hydrogen (secondary N) is 1. The summed E-state index contributed by atoms with van der Waals surface area (Å²) in [5.41, 5.74) is 1.20. The van der Waals surface area contributed by atoms with Gasteiger partial charge in [0, 0.05) is 31.4 Å². The van der Waals surface area contributed by atoms with Crippen molar-refractivity contribution in [2.45, 2.75) is 33.2 Å². The minimum atomic E-state index is 0.165. The maximum Gasteiger partial charge on any atom is 0.133 e. The van der Waals surface area contributed by atoms with Crippen molar-refractivity contribution in [3.05, 3.63) is 23.9 Å². The van der Waals surface area contributed by atoms with Crippen LogP contribution in [0.15, 0.2) is 18.3 Å². The third kappa shape index (κ3) is 4.63. The van der Waals surface area contributed by atoms with Crippen molar-refractivity contribution in [1.82, 2.24) is 10.3 Å². The fourth-order valence-corrected chi connectivity index (χ4v) is 1.97. The summed E-state index contributed by atoms with van der Waals surface area (Å²) in [6.45, 7) is 7.89. The van der Waals surface area contributed by atoms with E-state index in [9.17, 15) is 0 Å². The molecule has 0 atom stereocenters. The molecule has 4 heteroatoms. The molecule has 4 nitrogen and oxygen atoms in total. The van der Waals surface area contributed by atoms with Crippen LogP contribution in [0, 0.1) is 0 Å². The summed E-state index contributed by atoms with van der Waals surface area (Å²) in [5, 5.41) is 12.5. The lowest BCUT2D eigenvalue weighted by molar-refractivity contribution is 0.301. The maximum absolute atomic E-state index is 9.14. The van der Waals surface area contributed by atoms with Gasteiger partial charge in [-0.2, -0.15) is 0 Å². The van der Waals surface area contributed by atoms with E-state index in [1.54, 1.807) is 0 Å². The van der Waals surface area contributed by atoms with Gasteiger partial charge in [-0.15, -0.1) is 0 Å². The number of hydrogen-bond donors (Lipinski definition) is 2. The van der Waals surface area contributed by atoms with Gasteiger partial charge in [0.05, 0.1) is 6.61 Å². The quantitative estimate of drug-likeness (QED) is 0.657. The van der Waals surface area contributed by atoms with Gasteiger partial charge in [-0.1, -0.05) is 19.9 Å². The number of hydrogen-bond acceptors (Lipinski definition) is 4. The third-order valence-electron chi connectivity index (χ3n) is 2.77. The number of aromatic nitrogens is 1. The van der Waals surface area contributed by atoms with Gasteiger partial charge < -0.3 is 15.3 Å². The van der Waals surface area contributed by atoms with Crippen LogP contribution in [0.5, 0.6) is 0 Å². The highest BCUT2D eigenvalue weighted by Gasteiger charge is 2.10. The second kappa shape index (κ2) is 8.89. The normalized spacial score (nSPS) is 10.6. The first-order valence-electron chi connectivity index (χ1n) is 6.83. The van der Waals surface area contributed by atoms with Crippen molar-refractivity contribution >= 4 is 5.82 Å². The molecule has 1 aromatic rings. The van der Waals surface area contributed by atoms with E-state index in [0.29, 0.717) is 6.54 Å². The van der Waals surface area contributed by atoms with E-state index in [4.69, 9.17) is 5.11 Å². The maximum atomic E-state index is 9.14. The third-order valence-corrected chi connectivity index (χ3v) is 2.77. The minimum absolute atomic E-state index is 0.165. The van der Waals surface area contributed by atoms with Crippen LogP contribution in [0.25, 0.3) is 0 Å². The van der Waals surface area contributed by atoms with Crippen molar-refractivity contribution < 1.29 is 5.11 Å². The van der Waals surface area contributed by atoms with Gasteiger partial charge >= 0.3 is 0 Å². The first kappa shape index (κ1) is 14.9. The lowest BCUT2D eigenvalue weighted by Crippen LogP contribution is -2.30. The zero-order valence-electron chi connectivity index (χ0n) is 11.5. The number of anilines is 1. The lowest BCUT2D eigenvalue weighted by Gasteiger charge is -2.24. The molecule has 1 aromatic heterocycles. The molecule has 18 heavy (non-hydrogen) atoms. The molecule has 0 spiro atoms. The van der Waals surface area contributed by atoms with Crippen LogP contribution in [0.2, 0.25) is 0 Å². The van der Waals surface area contributed by atoms with Gasteiger partial charge in [-0.3, -0.25) is 0 Å². The van der Waals surface area contributed by atoms with Gasteiger partial charge in [0.15, 0.2) is 0 Å². The zero-order chi connectivity index (χ0) is 13.2. The highest BCUT2D eigenvalue weighted by Crippen LogP contribution is 2.17. The van der Waals surface area contributed by atoms with E-state index in [0.717, 1.165) is 38.3 Å². The highest BCUT2D eigenvalue weighted by atomic mass is 16.3. The molecule has 0 aromatic carbocycles. The predicted octanol–water partition coefficient (Wildman–Crippen LogP) is 1.79. The van der Waals surface area contributed by atoms with Gasteiger partial charge in [0.1, 0.15) is 5.82 Å². The van der Waals surface area contributed by atoms with E-state index in [1.165, 1.54) is 5.56 Å². The number of nitrogens with zero attached hydrogens (tertiary/aromatic N) is 2. The van der Waals surface area contributed by atoms with Crippen LogP contribution < -0.4 is 10.2 Å². The molecule has 0 saturated heterocycles. The Bertz CT molecular complexity index is 325. The molecule has 0 fully saturated rings. The number of aliphatic hydroxyl groups excluding tert-OH is 1. The van der Waals surface area contributed by atoms with E-state index >= 15 is 0 Å². The number of aliphatic hydroxyl groups is 1. The van der Waals surface area contributed by atoms with Crippen LogP contribution >= 0.6 is 0 Å². The molecule has 0 saturated carbocycles. The number of pyridine rings is 1. The molecule has 1 rings (SSSR count). The molecule has 1 heterocycles. The molecule has 0 radical (unpaired) electrons. The average Bonchev–Trinajstić information content (AvgIpc) is 2.39. The first-order chi connectivity index (χ1) is 8.83. The summed E-state index contributed by atoms with van der Waals surface area (Å²) in [4.78, 5) is 6.63. The Hall–Kier alpha value is -1.13. The molecule has 2 N–H and O–H groups in total. The number of rotatable bonds is 9. The predicted molar refractivity (Wildman–Crippen MR) is 75.8 cm³/mol. The molecule has 0 amide bonds. The van der Waals surface area contributed by atoms with Crippen LogP contribution in [0.3, 0.4) is 0 Å². The second-order valence-electron chi connectivity index (χ2n) is 4.37. The van der Waals surface area contributed by atoms with E-state index < -0.39 is 0 Å². The van der Waals surface area contributed by atoms with Gasteiger partial charge in [-0.05, 0) is 25.5 Å². The SMILES string of the molecule is CCCNCc1cccnc1N(CCC)CCO. The standard InChI is InChI=1S/C14H25N3O/c1-3-7-15-12-13-6-5-8-16-14(13)17(9-4-2)10-11-18/h5-6,8,15,18H,3-4,7,9-12H2,1-2H3. The van der Waals surface area contributed by atoms with Crippen molar-refractivity contribution in [2.24, 2.45) is 0 Å². The average molecular weight is 251 g/mol. The monoisotopic (exact) mass is 251 g/mol. The highest BCUT2D eigenvalue weighted by molar-refractivity contribution is 5.46. The van der Waals surface area contributed by atoms with Crippen LogP contribution in [0.1, 0.15) is 32.3 Å². The fourth-order valence-electron chi connectivity index (χ4n) is 1.97. The fraction of sp³-hybridized carbons (Fsp3) is 0.643. The Morgan fingerprint density at radius 3 is 2.78 bits per heavy atom. The van der Waals surface area contributed by atoms with Crippen molar-refractivity contribution in [1.29, 1.82) is 0 Å². The van der Waals surface area contributed by atoms with Gasteiger partial charge in [-0.25, -0.2) is 4.98 Å². The molecule has 0 aliphatic rings. The molecular weight excluding hydrogens is 226 g/mol. The summed E-state index contributed by atoms with van der Waals surface area (Å²) in [5.74, 6) is 0.997. The summed E-state index contributed by atoms with van der Waals surface area (Å²) in [7, 11) is 0. The first-order valence-corrected chi connectivity index (χ1v) is 6.83. The zero-order valence-corrected chi connectivity index (χ0v) is 11.5. The largest absolute Gasteiger partial charge is 0.395 e. The summed E-state index contributed by atoms with van der Waals surface area (Å²) in [6, 6.07) is 4.07. The van der Waals surface area contributed by atoms with E-state index in [-0.39, 0.29) is 6.61 Å². The molecule has 0 unspecified atom stereocenters. The Balaban J connectivity index is 2.76. The minimum Gasteiger partial charge on any atom is -0.395 e. The molecule has 0 aliphatic heterocycles. The van der Waals surface area contributed by atoms with Crippen molar-refractivity contribution in [2.75, 3.05) is 31.1 Å². The second-order valence-corrected chi connectivity index (χ2v) is 4.37. The Labute approximate surface area is 110 Å². The lowest BCUT2D eigenvalue weighted by atomic mass is 10.2. The summed E-state index contributed by atoms with van der Waals surface area (Å²) < 4.78 is 0. The van der Waals surface area contributed by atoms with Gasteiger partial charge in [0.25, 0.3) is 0 Å². The van der Waals surface area contributed by atoms with Crippen LogP contribution in [0.4, 0.5) is 5.82 Å². The summed E-state index contributed by atoms with van der Waals surface area (Å²) in [6.07, 6.45) is 4.00. The molecule has 0 bridgehead atoms. The summed E-state index contributed by atoms with van der Waals surface area (Å²) >= 11 is 0. The van der Waals surface area contributed by atoms with Crippen molar-refractivity contribution in [3.63, 3.8) is 0 Å². The smallest absolute Gasteiger partial charge is 0.133 e. The van der Waals surface area contributed by atoms with Gasteiger partial charge in [0.2, 0.25) is 0 Å². The molecule has 0 aliphatic carbocycles. The Morgan fingerprint density at radius 1 is 1.28 bits per heavy atom. The van der Waals surface area contributed by atoms with Crippen LogP contribution in [-0.4, -0.2) is 36.3 Å².